The first kappa shape index (κ1) is 47.1. The highest BCUT2D eigenvalue weighted by atomic mass is 32.1. The van der Waals surface area contributed by atoms with Gasteiger partial charge in [0.15, 0.2) is 0 Å². The van der Waals surface area contributed by atoms with Crippen LogP contribution in [0.4, 0.5) is 22.1 Å². The van der Waals surface area contributed by atoms with Crippen LogP contribution in [0.1, 0.15) is 39.3 Å². The summed E-state index contributed by atoms with van der Waals surface area (Å²) in [6.45, 7) is 18.5. The quantitative estimate of drug-likeness (QED) is 0.0270. The van der Waals surface area contributed by atoms with Gasteiger partial charge >= 0.3 is 0 Å². The van der Waals surface area contributed by atoms with E-state index >= 15 is 0 Å². The molecular formula is C46H63N7O5S+2. The third-order valence-corrected chi connectivity index (χ3v) is 10.6. The van der Waals surface area contributed by atoms with Crippen LogP contribution in [0.5, 0.6) is 0 Å². The minimum Gasteiger partial charge on any atom is -0.377 e. The fraction of sp³-hybridized carbons (Fsp3) is 0.478. The first-order chi connectivity index (χ1) is 28.3. The lowest BCUT2D eigenvalue weighted by atomic mass is 10.1. The summed E-state index contributed by atoms with van der Waals surface area (Å²) >= 11 is 1.18. The number of rotatable bonds is 26. The van der Waals surface area contributed by atoms with Gasteiger partial charge in [-0.05, 0) is 54.3 Å². The molecule has 0 aliphatic heterocycles. The Morgan fingerprint density at radius 3 is 1.64 bits per heavy atom. The van der Waals surface area contributed by atoms with E-state index in [1.54, 1.807) is 6.92 Å². The molecule has 0 N–H and O–H groups in total. The zero-order chi connectivity index (χ0) is 42.7. The number of quaternary nitrogens is 2. The van der Waals surface area contributed by atoms with Gasteiger partial charge in [0, 0.05) is 18.8 Å². The predicted octanol–water partition coefficient (Wildman–Crippen LogP) is 8.99. The third-order valence-electron chi connectivity index (χ3n) is 9.50. The Balaban J connectivity index is 1.57. The molecule has 59 heavy (non-hydrogen) atoms. The molecule has 0 saturated carbocycles. The standard InChI is InChI=1S/C46H63N7O5S/c1-36-32-40(20-21-41(36)49-50-46-45(48-3)37(2)44(33-47)59-46)51(34-42(38-16-12-10-13-17-38)57-30-28-55-25-23-53(7,8)9)35-43(39-18-14-11-15-19-39)58-31-29-56-27-26-54-24-22-52(4,5)6/h10-21,32,42-43H,22-31,34-35H2,1-2,4-9H3/q+2. The van der Waals surface area contributed by atoms with Crippen molar-refractivity contribution < 1.29 is 32.7 Å². The number of hydrogen-bond donors (Lipinski definition) is 0. The van der Waals surface area contributed by atoms with Crippen molar-refractivity contribution in [1.29, 1.82) is 5.26 Å². The van der Waals surface area contributed by atoms with Gasteiger partial charge in [-0.1, -0.05) is 60.7 Å². The van der Waals surface area contributed by atoms with Crippen LogP contribution in [-0.4, -0.2) is 130 Å². The molecule has 0 amide bonds. The molecular weight excluding hydrogens is 763 g/mol. The largest absolute Gasteiger partial charge is 0.377 e. The van der Waals surface area contributed by atoms with E-state index in [1.165, 1.54) is 11.3 Å². The second kappa shape index (κ2) is 23.9. The van der Waals surface area contributed by atoms with Gasteiger partial charge in [0.05, 0.1) is 112 Å². The summed E-state index contributed by atoms with van der Waals surface area (Å²) in [5, 5.41) is 18.9. The molecule has 0 aliphatic carbocycles. The summed E-state index contributed by atoms with van der Waals surface area (Å²) in [6.07, 6.45) is -0.544. The summed E-state index contributed by atoms with van der Waals surface area (Å²) in [5.74, 6) is 0. The first-order valence-corrected chi connectivity index (χ1v) is 20.9. The Morgan fingerprint density at radius 1 is 0.695 bits per heavy atom. The van der Waals surface area contributed by atoms with Gasteiger partial charge < -0.3 is 37.6 Å². The Labute approximate surface area is 356 Å². The van der Waals surface area contributed by atoms with Gasteiger partial charge in [0.1, 0.15) is 36.4 Å². The molecule has 0 aliphatic rings. The highest BCUT2D eigenvalue weighted by Crippen LogP contribution is 2.42. The molecule has 1 aromatic heterocycles. The molecule has 0 bridgehead atoms. The number of hydrogen-bond acceptors (Lipinski definition) is 10. The Bertz CT molecular complexity index is 1960. The van der Waals surface area contributed by atoms with Crippen molar-refractivity contribution in [3.8, 4) is 6.07 Å². The Hall–Kier alpha value is -4.54. The third kappa shape index (κ3) is 16.6. The van der Waals surface area contributed by atoms with E-state index in [2.05, 4.69) is 98.7 Å². The van der Waals surface area contributed by atoms with Crippen LogP contribution in [-0.2, 0) is 23.7 Å². The van der Waals surface area contributed by atoms with Crippen LogP contribution >= 0.6 is 11.3 Å². The Morgan fingerprint density at radius 2 is 1.19 bits per heavy atom. The maximum Gasteiger partial charge on any atom is 0.229 e. The fourth-order valence-electron chi connectivity index (χ4n) is 5.97. The number of thiophene rings is 1. The smallest absolute Gasteiger partial charge is 0.229 e. The SMILES string of the molecule is [C-]#[N+]c1c(N=Nc2ccc(N(CC(OCCOCCOCC[N+](C)(C)C)c3ccccc3)CC(OCCOCC[N+](C)(C)C)c3ccccc3)cc2C)sc(C#N)c1C. The number of ether oxygens (including phenoxy) is 5. The van der Waals surface area contributed by atoms with E-state index in [0.717, 1.165) is 44.4 Å². The molecule has 0 spiro atoms. The van der Waals surface area contributed by atoms with Crippen LogP contribution in [0, 0.1) is 31.8 Å². The van der Waals surface area contributed by atoms with Gasteiger partial charge in [-0.15, -0.1) is 11.3 Å². The molecule has 2 atom stereocenters. The average Bonchev–Trinajstić information content (AvgIpc) is 3.52. The molecule has 1 heterocycles. The average molecular weight is 826 g/mol. The van der Waals surface area contributed by atoms with Crippen LogP contribution in [0.3, 0.4) is 0 Å². The normalized spacial score (nSPS) is 13.0. The number of nitrogens with zero attached hydrogens (tertiary/aromatic N) is 7. The van der Waals surface area contributed by atoms with Gasteiger partial charge in [0.25, 0.3) is 0 Å². The topological polar surface area (TPSA) is 102 Å². The molecule has 0 radical (unpaired) electrons. The second-order valence-corrected chi connectivity index (χ2v) is 17.4. The van der Waals surface area contributed by atoms with E-state index in [1.807, 2.05) is 55.5 Å². The molecule has 3 aromatic carbocycles. The van der Waals surface area contributed by atoms with Crippen molar-refractivity contribution in [2.75, 3.05) is 126 Å². The maximum atomic E-state index is 9.52. The monoisotopic (exact) mass is 825 g/mol. The van der Waals surface area contributed by atoms with Gasteiger partial charge in [-0.25, -0.2) is 4.85 Å². The van der Waals surface area contributed by atoms with Crippen molar-refractivity contribution in [2.24, 2.45) is 10.2 Å². The molecule has 12 nitrogen and oxygen atoms in total. The number of aryl methyl sites for hydroxylation is 1. The maximum absolute atomic E-state index is 9.52. The summed E-state index contributed by atoms with van der Waals surface area (Å²) in [7, 11) is 12.9. The van der Waals surface area contributed by atoms with Crippen LogP contribution in [0.2, 0.25) is 0 Å². The molecule has 316 valence electrons. The predicted molar refractivity (Wildman–Crippen MR) is 236 cm³/mol. The Kier molecular flexibility index (Phi) is 19.1. The lowest BCUT2D eigenvalue weighted by molar-refractivity contribution is -0.870. The highest BCUT2D eigenvalue weighted by Gasteiger charge is 2.24. The lowest BCUT2D eigenvalue weighted by Gasteiger charge is -2.33. The van der Waals surface area contributed by atoms with Gasteiger partial charge in [-0.2, -0.15) is 15.5 Å². The van der Waals surface area contributed by atoms with E-state index in [0.29, 0.717) is 92.8 Å². The number of anilines is 1. The van der Waals surface area contributed by atoms with E-state index in [4.69, 9.17) is 30.3 Å². The van der Waals surface area contributed by atoms with E-state index in [9.17, 15) is 5.26 Å². The minimum absolute atomic E-state index is 0.266. The molecule has 13 heteroatoms. The van der Waals surface area contributed by atoms with Crippen LogP contribution in [0.15, 0.2) is 89.1 Å². The van der Waals surface area contributed by atoms with E-state index in [-0.39, 0.29) is 12.2 Å². The lowest BCUT2D eigenvalue weighted by Crippen LogP contribution is -2.37. The molecule has 2 unspecified atom stereocenters. The summed E-state index contributed by atoms with van der Waals surface area (Å²) < 4.78 is 32.6. The molecule has 4 aromatic rings. The van der Waals surface area contributed by atoms with E-state index < -0.39 is 0 Å². The van der Waals surface area contributed by atoms with Gasteiger partial charge in [-0.3, -0.25) is 0 Å². The zero-order valence-corrected chi connectivity index (χ0v) is 37.0. The van der Waals surface area contributed by atoms with Crippen molar-refractivity contribution >= 4 is 33.4 Å². The summed E-state index contributed by atoms with van der Waals surface area (Å²) in [4.78, 5) is 6.40. The van der Waals surface area contributed by atoms with Crippen molar-refractivity contribution in [1.82, 2.24) is 0 Å². The fourth-order valence-corrected chi connectivity index (χ4v) is 6.84. The minimum atomic E-state index is -0.279. The molecule has 0 saturated heterocycles. The summed E-state index contributed by atoms with van der Waals surface area (Å²) in [6, 6.07) is 28.8. The molecule has 0 fully saturated rings. The van der Waals surface area contributed by atoms with Crippen LogP contribution in [0.25, 0.3) is 4.85 Å². The van der Waals surface area contributed by atoms with Crippen molar-refractivity contribution in [3.63, 3.8) is 0 Å². The van der Waals surface area contributed by atoms with Gasteiger partial charge in [0.2, 0.25) is 5.69 Å². The van der Waals surface area contributed by atoms with Crippen molar-refractivity contribution in [3.05, 3.63) is 117 Å². The van der Waals surface area contributed by atoms with Crippen LogP contribution < -0.4 is 4.90 Å². The van der Waals surface area contributed by atoms with Crippen molar-refractivity contribution in [2.45, 2.75) is 26.1 Å². The number of likely N-dealkylation sites (N-methyl/N-ethyl adjacent to an activating group) is 2. The zero-order valence-electron chi connectivity index (χ0n) is 36.2. The number of nitriles is 1. The number of benzene rings is 3. The first-order valence-electron chi connectivity index (χ1n) is 20.1. The summed E-state index contributed by atoms with van der Waals surface area (Å²) in [5.41, 5.74) is 5.68. The second-order valence-electron chi connectivity index (χ2n) is 16.4. The molecule has 4 rings (SSSR count). The highest BCUT2D eigenvalue weighted by molar-refractivity contribution is 7.17. The number of azo groups is 1.